The van der Waals surface area contributed by atoms with Crippen molar-refractivity contribution < 1.29 is 0 Å². The molecule has 0 aliphatic heterocycles. The van der Waals surface area contributed by atoms with Crippen LogP contribution in [-0.4, -0.2) is 9.55 Å². The molecule has 2 N–H and O–H groups in total. The summed E-state index contributed by atoms with van der Waals surface area (Å²) in [6.45, 7) is 4.95. The average molecular weight is 167 g/mol. The zero-order valence-electron chi connectivity index (χ0n) is 8.04. The van der Waals surface area contributed by atoms with E-state index in [4.69, 9.17) is 5.73 Å². The van der Waals surface area contributed by atoms with Crippen molar-refractivity contribution in [2.75, 3.05) is 0 Å². The first kappa shape index (κ1) is 9.26. The highest BCUT2D eigenvalue weighted by atomic mass is 15.1. The lowest BCUT2D eigenvalue weighted by Gasteiger charge is -2.06. The maximum Gasteiger partial charge on any atom is 0.108 e. The Morgan fingerprint density at radius 1 is 1.58 bits per heavy atom. The Bertz CT molecular complexity index is 250. The molecule has 0 aliphatic carbocycles. The maximum absolute atomic E-state index is 5.53. The van der Waals surface area contributed by atoms with Crippen LogP contribution in [0.1, 0.15) is 25.4 Å². The first-order chi connectivity index (χ1) is 5.65. The van der Waals surface area contributed by atoms with Crippen molar-refractivity contribution in [3.63, 3.8) is 0 Å². The van der Waals surface area contributed by atoms with E-state index in [2.05, 4.69) is 23.4 Å². The fourth-order valence-corrected chi connectivity index (χ4v) is 1.23. The zero-order chi connectivity index (χ0) is 9.14. The van der Waals surface area contributed by atoms with Crippen molar-refractivity contribution >= 4 is 0 Å². The van der Waals surface area contributed by atoms with Crippen LogP contribution >= 0.6 is 0 Å². The third-order valence-electron chi connectivity index (χ3n) is 1.98. The number of imidazole rings is 1. The molecule has 1 aromatic rings. The van der Waals surface area contributed by atoms with Gasteiger partial charge >= 0.3 is 0 Å². The van der Waals surface area contributed by atoms with Crippen LogP contribution in [0.25, 0.3) is 0 Å². The van der Waals surface area contributed by atoms with Gasteiger partial charge in [-0.1, -0.05) is 13.8 Å². The molecule has 12 heavy (non-hydrogen) atoms. The second-order valence-corrected chi connectivity index (χ2v) is 3.53. The molecule has 1 rings (SSSR count). The van der Waals surface area contributed by atoms with Gasteiger partial charge in [0, 0.05) is 26.2 Å². The van der Waals surface area contributed by atoms with E-state index in [9.17, 15) is 0 Å². The first-order valence-electron chi connectivity index (χ1n) is 4.34. The normalized spacial score (nSPS) is 11.1. The van der Waals surface area contributed by atoms with E-state index in [0.29, 0.717) is 12.5 Å². The van der Waals surface area contributed by atoms with Crippen molar-refractivity contribution in [3.8, 4) is 0 Å². The topological polar surface area (TPSA) is 43.8 Å². The van der Waals surface area contributed by atoms with Gasteiger partial charge in [0.2, 0.25) is 0 Å². The summed E-state index contributed by atoms with van der Waals surface area (Å²) in [7, 11) is 2.02. The minimum absolute atomic E-state index is 0.571. The number of rotatable bonds is 3. The smallest absolute Gasteiger partial charge is 0.108 e. The Kier molecular flexibility index (Phi) is 2.87. The van der Waals surface area contributed by atoms with Gasteiger partial charge in [-0.25, -0.2) is 4.98 Å². The van der Waals surface area contributed by atoms with E-state index in [0.717, 1.165) is 17.9 Å². The van der Waals surface area contributed by atoms with Gasteiger partial charge in [-0.3, -0.25) is 0 Å². The monoisotopic (exact) mass is 167 g/mol. The molecule has 0 unspecified atom stereocenters. The predicted octanol–water partition coefficient (Wildman–Crippen LogP) is 1.08. The van der Waals surface area contributed by atoms with Gasteiger partial charge in [0.1, 0.15) is 5.82 Å². The lowest BCUT2D eigenvalue weighted by Crippen LogP contribution is -2.07. The van der Waals surface area contributed by atoms with Crippen LogP contribution in [0.2, 0.25) is 0 Å². The largest absolute Gasteiger partial charge is 0.334 e. The molecule has 1 heterocycles. The van der Waals surface area contributed by atoms with Crippen LogP contribution in [0.4, 0.5) is 0 Å². The lowest BCUT2D eigenvalue weighted by molar-refractivity contribution is 0.597. The Hall–Kier alpha value is -0.830. The summed E-state index contributed by atoms with van der Waals surface area (Å²) in [5.74, 6) is 1.78. The molecule has 0 spiro atoms. The molecule has 0 fully saturated rings. The predicted molar refractivity (Wildman–Crippen MR) is 49.6 cm³/mol. The quantitative estimate of drug-likeness (QED) is 0.732. The number of nitrogens with zero attached hydrogens (tertiary/aromatic N) is 2. The molecule has 3 heteroatoms. The fraction of sp³-hybridized carbons (Fsp3) is 0.667. The molecule has 68 valence electrons. The van der Waals surface area contributed by atoms with E-state index in [1.165, 1.54) is 0 Å². The Morgan fingerprint density at radius 3 is 2.67 bits per heavy atom. The van der Waals surface area contributed by atoms with Crippen molar-refractivity contribution in [2.24, 2.45) is 18.7 Å². The van der Waals surface area contributed by atoms with E-state index in [-0.39, 0.29) is 0 Å². The second kappa shape index (κ2) is 3.72. The van der Waals surface area contributed by atoms with Gasteiger partial charge in [0.15, 0.2) is 0 Å². The Labute approximate surface area is 73.6 Å². The van der Waals surface area contributed by atoms with Crippen molar-refractivity contribution in [3.05, 3.63) is 17.7 Å². The van der Waals surface area contributed by atoms with Crippen LogP contribution in [-0.2, 0) is 20.0 Å². The van der Waals surface area contributed by atoms with Crippen LogP contribution in [0.15, 0.2) is 6.20 Å². The fourth-order valence-electron chi connectivity index (χ4n) is 1.23. The van der Waals surface area contributed by atoms with E-state index >= 15 is 0 Å². The molecule has 0 saturated heterocycles. The van der Waals surface area contributed by atoms with E-state index in [1.807, 2.05) is 13.2 Å². The molecular formula is C9H17N3. The van der Waals surface area contributed by atoms with Crippen molar-refractivity contribution in [2.45, 2.75) is 26.8 Å². The minimum atomic E-state index is 0.571. The molecule has 0 saturated carbocycles. The van der Waals surface area contributed by atoms with E-state index < -0.39 is 0 Å². The highest BCUT2D eigenvalue weighted by molar-refractivity contribution is 5.04. The molecule has 0 aliphatic rings. The molecule has 3 nitrogen and oxygen atoms in total. The summed E-state index contributed by atoms with van der Waals surface area (Å²) in [5, 5.41) is 0. The summed E-state index contributed by atoms with van der Waals surface area (Å²) in [6.07, 6.45) is 2.88. The van der Waals surface area contributed by atoms with Gasteiger partial charge in [-0.15, -0.1) is 0 Å². The highest BCUT2D eigenvalue weighted by Gasteiger charge is 2.06. The standard InChI is InChI=1S/C9H17N3/c1-7(2)4-9-11-6-8(5-10)12(9)3/h6-7H,4-5,10H2,1-3H3. The number of hydrogen-bond donors (Lipinski definition) is 1. The number of nitrogens with two attached hydrogens (primary N) is 1. The van der Waals surface area contributed by atoms with Crippen LogP contribution in [0.5, 0.6) is 0 Å². The first-order valence-corrected chi connectivity index (χ1v) is 4.34. The van der Waals surface area contributed by atoms with Gasteiger partial charge in [0.25, 0.3) is 0 Å². The van der Waals surface area contributed by atoms with Crippen LogP contribution < -0.4 is 5.73 Å². The number of aromatic nitrogens is 2. The summed E-state index contributed by atoms with van der Waals surface area (Å²) < 4.78 is 2.08. The summed E-state index contributed by atoms with van der Waals surface area (Å²) >= 11 is 0. The summed E-state index contributed by atoms with van der Waals surface area (Å²) in [4.78, 5) is 4.31. The SMILES string of the molecule is CC(C)Cc1ncc(CN)n1C. The molecule has 0 atom stereocenters. The summed E-state index contributed by atoms with van der Waals surface area (Å²) in [6, 6.07) is 0. The Morgan fingerprint density at radius 2 is 2.25 bits per heavy atom. The van der Waals surface area contributed by atoms with Crippen LogP contribution in [0.3, 0.4) is 0 Å². The molecule has 0 radical (unpaired) electrons. The van der Waals surface area contributed by atoms with E-state index in [1.54, 1.807) is 0 Å². The second-order valence-electron chi connectivity index (χ2n) is 3.53. The maximum atomic E-state index is 5.53. The third-order valence-corrected chi connectivity index (χ3v) is 1.98. The van der Waals surface area contributed by atoms with Gasteiger partial charge in [-0.2, -0.15) is 0 Å². The lowest BCUT2D eigenvalue weighted by atomic mass is 10.1. The van der Waals surface area contributed by atoms with Gasteiger partial charge in [-0.05, 0) is 5.92 Å². The van der Waals surface area contributed by atoms with Gasteiger partial charge < -0.3 is 10.3 Å². The average Bonchev–Trinajstić information content (AvgIpc) is 2.32. The molecule has 0 amide bonds. The van der Waals surface area contributed by atoms with Crippen molar-refractivity contribution in [1.82, 2.24) is 9.55 Å². The van der Waals surface area contributed by atoms with Gasteiger partial charge in [0.05, 0.1) is 5.69 Å². The highest BCUT2D eigenvalue weighted by Crippen LogP contribution is 2.07. The zero-order valence-corrected chi connectivity index (χ0v) is 8.04. The summed E-state index contributed by atoms with van der Waals surface area (Å²) in [5.41, 5.74) is 6.64. The molecule has 0 bridgehead atoms. The number of hydrogen-bond acceptors (Lipinski definition) is 2. The Balaban J connectivity index is 2.80. The minimum Gasteiger partial charge on any atom is -0.334 e. The molecule has 0 aromatic carbocycles. The molecule has 1 aromatic heterocycles. The third kappa shape index (κ3) is 1.85. The van der Waals surface area contributed by atoms with Crippen LogP contribution in [0, 0.1) is 5.92 Å². The molecular weight excluding hydrogens is 150 g/mol. The van der Waals surface area contributed by atoms with Crippen molar-refractivity contribution in [1.29, 1.82) is 0 Å².